The van der Waals surface area contributed by atoms with E-state index >= 15 is 0 Å². The van der Waals surface area contributed by atoms with E-state index in [4.69, 9.17) is 9.47 Å². The second-order valence-corrected chi connectivity index (χ2v) is 10.4. The molecule has 1 saturated heterocycles. The number of aliphatic hydroxyl groups is 1. The Morgan fingerprint density at radius 3 is 2.37 bits per heavy atom. The Hall–Kier alpha value is -3.32. The van der Waals surface area contributed by atoms with E-state index in [0.29, 0.717) is 36.9 Å². The molecule has 0 aromatic heterocycles. The van der Waals surface area contributed by atoms with Crippen molar-refractivity contribution < 1.29 is 24.2 Å². The van der Waals surface area contributed by atoms with Gasteiger partial charge in [0.15, 0.2) is 0 Å². The maximum absolute atomic E-state index is 13.4. The van der Waals surface area contributed by atoms with Crippen molar-refractivity contribution in [3.63, 3.8) is 0 Å². The van der Waals surface area contributed by atoms with Gasteiger partial charge in [-0.15, -0.1) is 0 Å². The first-order chi connectivity index (χ1) is 18.1. The van der Waals surface area contributed by atoms with Gasteiger partial charge in [0.1, 0.15) is 17.3 Å². The maximum atomic E-state index is 13.4. The average molecular weight is 523 g/mol. The van der Waals surface area contributed by atoms with Gasteiger partial charge in [0.05, 0.1) is 24.3 Å². The number of aliphatic hydroxyl groups excluding tert-OH is 1. The molecular weight excluding hydrogens is 480 g/mol. The zero-order chi connectivity index (χ0) is 28.0. The highest BCUT2D eigenvalue weighted by molar-refractivity contribution is 6.46. The van der Waals surface area contributed by atoms with E-state index in [9.17, 15) is 14.7 Å². The number of carbonyl (C=O) groups excluding carboxylic acids is 2. The molecule has 206 valence electrons. The molecular formula is C31H42N2O5. The maximum Gasteiger partial charge on any atom is 0.295 e. The summed E-state index contributed by atoms with van der Waals surface area (Å²) in [5, 5.41) is 11.5. The highest BCUT2D eigenvalue weighted by atomic mass is 16.5. The Balaban J connectivity index is 2.08. The van der Waals surface area contributed by atoms with E-state index < -0.39 is 17.7 Å². The van der Waals surface area contributed by atoms with Crippen molar-refractivity contribution >= 4 is 17.4 Å². The van der Waals surface area contributed by atoms with Gasteiger partial charge in [-0.25, -0.2) is 0 Å². The quantitative estimate of drug-likeness (QED) is 0.223. The summed E-state index contributed by atoms with van der Waals surface area (Å²) in [5.74, 6) is 0.282. The molecule has 0 saturated carbocycles. The lowest BCUT2D eigenvalue weighted by atomic mass is 9.94. The fraction of sp³-hybridized carbons (Fsp3) is 0.484. The molecule has 1 unspecified atom stereocenters. The van der Waals surface area contributed by atoms with Crippen LogP contribution in [0, 0.1) is 12.8 Å². The van der Waals surface area contributed by atoms with Crippen LogP contribution in [0.4, 0.5) is 0 Å². The molecule has 1 heterocycles. The van der Waals surface area contributed by atoms with Gasteiger partial charge in [-0.1, -0.05) is 39.8 Å². The van der Waals surface area contributed by atoms with Crippen LogP contribution in [-0.2, 0) is 9.59 Å². The summed E-state index contributed by atoms with van der Waals surface area (Å²) < 4.78 is 11.8. The van der Waals surface area contributed by atoms with Gasteiger partial charge in [0.25, 0.3) is 11.7 Å². The van der Waals surface area contributed by atoms with Crippen molar-refractivity contribution in [1.82, 2.24) is 9.80 Å². The smallest absolute Gasteiger partial charge is 0.295 e. The molecule has 0 radical (unpaired) electrons. The molecule has 1 amide bonds. The largest absolute Gasteiger partial charge is 0.507 e. The third-order valence-electron chi connectivity index (χ3n) is 6.66. The van der Waals surface area contributed by atoms with E-state index in [-0.39, 0.29) is 17.4 Å². The lowest BCUT2D eigenvalue weighted by molar-refractivity contribution is -0.140. The molecule has 1 aliphatic rings. The number of benzene rings is 2. The first-order valence-corrected chi connectivity index (χ1v) is 13.6. The summed E-state index contributed by atoms with van der Waals surface area (Å²) in [5.41, 5.74) is 2.12. The summed E-state index contributed by atoms with van der Waals surface area (Å²) in [7, 11) is 0. The molecule has 1 atom stereocenters. The zero-order valence-corrected chi connectivity index (χ0v) is 23.8. The zero-order valence-electron chi connectivity index (χ0n) is 23.8. The van der Waals surface area contributed by atoms with E-state index in [0.717, 1.165) is 30.0 Å². The van der Waals surface area contributed by atoms with Crippen molar-refractivity contribution in [1.29, 1.82) is 0 Å². The highest BCUT2D eigenvalue weighted by Gasteiger charge is 2.46. The fourth-order valence-corrected chi connectivity index (χ4v) is 4.65. The number of likely N-dealkylation sites (N-methyl/N-ethyl adjacent to an activating group) is 1. The molecule has 2 aromatic rings. The van der Waals surface area contributed by atoms with Crippen molar-refractivity contribution in [3.8, 4) is 11.5 Å². The predicted octanol–water partition coefficient (Wildman–Crippen LogP) is 5.58. The summed E-state index contributed by atoms with van der Waals surface area (Å²) >= 11 is 0. The lowest BCUT2D eigenvalue weighted by Crippen LogP contribution is -2.38. The van der Waals surface area contributed by atoms with Gasteiger partial charge in [-0.3, -0.25) is 9.59 Å². The number of likely N-dealkylation sites (tertiary alicyclic amines) is 1. The van der Waals surface area contributed by atoms with Crippen molar-refractivity contribution in [3.05, 3.63) is 64.7 Å². The van der Waals surface area contributed by atoms with Crippen LogP contribution in [0.3, 0.4) is 0 Å². The molecule has 7 nitrogen and oxygen atoms in total. The minimum Gasteiger partial charge on any atom is -0.507 e. The average Bonchev–Trinajstić information content (AvgIpc) is 3.12. The predicted molar refractivity (Wildman–Crippen MR) is 151 cm³/mol. The second kappa shape index (κ2) is 13.0. The number of Topliss-reactive ketones (excluding diaryl/α,β-unsaturated/α-hetero) is 1. The topological polar surface area (TPSA) is 79.3 Å². The number of aryl methyl sites for hydroxylation is 1. The van der Waals surface area contributed by atoms with Crippen molar-refractivity contribution in [2.45, 2.75) is 60.6 Å². The van der Waals surface area contributed by atoms with E-state index in [1.54, 1.807) is 23.1 Å². The molecule has 1 aliphatic heterocycles. The third-order valence-corrected chi connectivity index (χ3v) is 6.66. The molecule has 0 bridgehead atoms. The first kappa shape index (κ1) is 29.2. The molecule has 38 heavy (non-hydrogen) atoms. The fourth-order valence-electron chi connectivity index (χ4n) is 4.65. The van der Waals surface area contributed by atoms with Crippen molar-refractivity contribution in [2.24, 2.45) is 5.92 Å². The van der Waals surface area contributed by atoms with Crippen LogP contribution < -0.4 is 9.47 Å². The number of hydrogen-bond donors (Lipinski definition) is 1. The highest BCUT2D eigenvalue weighted by Crippen LogP contribution is 2.40. The van der Waals surface area contributed by atoms with Gasteiger partial charge in [0.2, 0.25) is 0 Å². The Kier molecular flexibility index (Phi) is 9.97. The number of rotatable bonds is 12. The molecule has 1 fully saturated rings. The van der Waals surface area contributed by atoms with Gasteiger partial charge >= 0.3 is 0 Å². The van der Waals surface area contributed by atoms with E-state index in [2.05, 4.69) is 32.6 Å². The minimum atomic E-state index is -0.724. The van der Waals surface area contributed by atoms with Crippen LogP contribution in [0.2, 0.25) is 0 Å². The van der Waals surface area contributed by atoms with Crippen LogP contribution in [0.25, 0.3) is 5.76 Å². The number of nitrogens with zero attached hydrogens (tertiary/aromatic N) is 2. The summed E-state index contributed by atoms with van der Waals surface area (Å²) in [6.07, 6.45) is -0.0290. The number of carbonyl (C=O) groups is 2. The van der Waals surface area contributed by atoms with Gasteiger partial charge in [0, 0.05) is 18.7 Å². The molecule has 3 rings (SSSR count). The van der Waals surface area contributed by atoms with E-state index in [1.165, 1.54) is 0 Å². The number of ketones is 1. The van der Waals surface area contributed by atoms with Gasteiger partial charge < -0.3 is 24.4 Å². The van der Waals surface area contributed by atoms with Crippen LogP contribution >= 0.6 is 0 Å². The van der Waals surface area contributed by atoms with Crippen LogP contribution in [0.5, 0.6) is 11.5 Å². The Labute approximate surface area is 227 Å². The third kappa shape index (κ3) is 6.76. The van der Waals surface area contributed by atoms with E-state index in [1.807, 2.05) is 45.0 Å². The number of hydrogen-bond acceptors (Lipinski definition) is 6. The van der Waals surface area contributed by atoms with Crippen LogP contribution in [0.1, 0.15) is 64.3 Å². The van der Waals surface area contributed by atoms with Crippen molar-refractivity contribution in [2.75, 3.05) is 32.8 Å². The summed E-state index contributed by atoms with van der Waals surface area (Å²) in [6.45, 7) is 17.3. The minimum absolute atomic E-state index is 0.0290. The Morgan fingerprint density at radius 2 is 1.76 bits per heavy atom. The Morgan fingerprint density at radius 1 is 1.05 bits per heavy atom. The molecule has 7 heteroatoms. The number of amides is 1. The monoisotopic (exact) mass is 522 g/mol. The molecule has 0 spiro atoms. The standard InChI is InChI=1S/C31H42N2O5/c1-8-32(9-2)15-16-33-28(23-11-10-12-25(18-23)38-21(5)6)27(30(35)31(33)36)29(34)24-13-14-26(22(7)17-24)37-19-20(3)4/h10-14,17-18,20-21,28,34H,8-9,15-16,19H2,1-7H3/b29-27+. The molecule has 0 aliphatic carbocycles. The lowest BCUT2D eigenvalue weighted by Gasteiger charge is -2.28. The summed E-state index contributed by atoms with van der Waals surface area (Å²) in [6, 6.07) is 12.0. The molecule has 2 aromatic carbocycles. The molecule has 1 N–H and O–H groups in total. The SMILES string of the molecule is CCN(CC)CCN1C(=O)C(=O)/C(=C(/O)c2ccc(OCC(C)C)c(C)c2)C1c1cccc(OC(C)C)c1. The summed E-state index contributed by atoms with van der Waals surface area (Å²) in [4.78, 5) is 30.5. The Bertz CT molecular complexity index is 1170. The van der Waals surface area contributed by atoms with Gasteiger partial charge in [-0.2, -0.15) is 0 Å². The second-order valence-electron chi connectivity index (χ2n) is 10.4. The normalized spacial score (nSPS) is 17.2. The number of ether oxygens (including phenoxy) is 2. The van der Waals surface area contributed by atoms with Crippen LogP contribution in [-0.4, -0.2) is 65.5 Å². The van der Waals surface area contributed by atoms with Crippen LogP contribution in [0.15, 0.2) is 48.0 Å². The first-order valence-electron chi connectivity index (χ1n) is 13.6. The van der Waals surface area contributed by atoms with Gasteiger partial charge in [-0.05, 0) is 81.2 Å².